The topological polar surface area (TPSA) is 46.9 Å². The van der Waals surface area contributed by atoms with Crippen molar-refractivity contribution in [3.05, 3.63) is 64.4 Å². The Labute approximate surface area is 166 Å². The summed E-state index contributed by atoms with van der Waals surface area (Å²) in [4.78, 5) is 17.4. The Morgan fingerprint density at radius 2 is 2.00 bits per heavy atom. The van der Waals surface area contributed by atoms with Gasteiger partial charge in [-0.2, -0.15) is 0 Å². The third kappa shape index (κ3) is 3.26. The number of para-hydroxylation sites is 1. The van der Waals surface area contributed by atoms with E-state index in [-0.39, 0.29) is 16.5 Å². The van der Waals surface area contributed by atoms with Gasteiger partial charge in [-0.1, -0.05) is 30.5 Å². The van der Waals surface area contributed by atoms with Crippen LogP contribution in [0.15, 0.2) is 36.7 Å². The van der Waals surface area contributed by atoms with Crippen molar-refractivity contribution in [1.82, 2.24) is 14.9 Å². The number of benzene rings is 2. The lowest BCUT2D eigenvalue weighted by molar-refractivity contribution is 0.0921. The maximum absolute atomic E-state index is 14.7. The predicted octanol–water partition coefficient (Wildman–Crippen LogP) is 5.17. The summed E-state index contributed by atoms with van der Waals surface area (Å²) in [5, 5.41) is 2.72. The Morgan fingerprint density at radius 3 is 2.75 bits per heavy atom. The fraction of sp³-hybridized carbons (Fsp3) is 0.333. The molecular formula is C21H20ClF2N3O. The lowest BCUT2D eigenvalue weighted by atomic mass is 9.90. The van der Waals surface area contributed by atoms with Gasteiger partial charge in [-0.3, -0.25) is 4.79 Å². The van der Waals surface area contributed by atoms with Crippen molar-refractivity contribution in [3.63, 3.8) is 0 Å². The summed E-state index contributed by atoms with van der Waals surface area (Å²) in [5.41, 5.74) is 1.58. The van der Waals surface area contributed by atoms with Crippen molar-refractivity contribution in [3.8, 4) is 0 Å². The average Bonchev–Trinajstić information content (AvgIpc) is 3.34. The van der Waals surface area contributed by atoms with Gasteiger partial charge >= 0.3 is 0 Å². The second-order valence-electron chi connectivity index (χ2n) is 7.28. The summed E-state index contributed by atoms with van der Waals surface area (Å²) in [5.74, 6) is -1.96. The summed E-state index contributed by atoms with van der Waals surface area (Å²) in [6.07, 6.45) is 5.16. The van der Waals surface area contributed by atoms with Crippen LogP contribution in [0.25, 0.3) is 11.0 Å². The van der Waals surface area contributed by atoms with Crippen molar-refractivity contribution in [1.29, 1.82) is 0 Å². The van der Waals surface area contributed by atoms with E-state index in [4.69, 9.17) is 11.6 Å². The molecule has 146 valence electrons. The molecular weight excluding hydrogens is 384 g/mol. The normalized spacial score (nSPS) is 15.9. The van der Waals surface area contributed by atoms with Gasteiger partial charge < -0.3 is 9.88 Å². The van der Waals surface area contributed by atoms with Gasteiger partial charge in [0, 0.05) is 12.6 Å². The summed E-state index contributed by atoms with van der Waals surface area (Å²) in [7, 11) is 1.84. The number of aromatic nitrogens is 2. The van der Waals surface area contributed by atoms with Crippen LogP contribution in [0.1, 0.15) is 47.6 Å². The number of imidazole rings is 1. The molecule has 3 aromatic rings. The molecule has 0 unspecified atom stereocenters. The van der Waals surface area contributed by atoms with E-state index in [2.05, 4.69) is 10.3 Å². The molecule has 4 nitrogen and oxygen atoms in total. The molecule has 1 fully saturated rings. The molecule has 1 saturated carbocycles. The standard InChI is InChI=1S/C21H20ClF2N3O/c1-27-11-25-20-13(7-4-8-16(20)27)21(28)26-19(12-5-2-3-6-12)17-15(23)10-9-14(22)18(17)24/h4,7-12,19H,2-3,5-6H2,1H3,(H,26,28)/t19-/m0/s1. The fourth-order valence-electron chi connectivity index (χ4n) is 4.10. The molecule has 1 atom stereocenters. The number of hydrogen-bond donors (Lipinski definition) is 1. The van der Waals surface area contributed by atoms with E-state index in [1.54, 1.807) is 18.5 Å². The van der Waals surface area contributed by atoms with E-state index in [0.717, 1.165) is 37.3 Å². The highest BCUT2D eigenvalue weighted by Crippen LogP contribution is 2.39. The first-order chi connectivity index (χ1) is 13.5. The van der Waals surface area contributed by atoms with E-state index >= 15 is 0 Å². The van der Waals surface area contributed by atoms with Crippen LogP contribution >= 0.6 is 11.6 Å². The van der Waals surface area contributed by atoms with Crippen LogP contribution in [0.2, 0.25) is 5.02 Å². The van der Waals surface area contributed by atoms with Crippen LogP contribution in [-0.4, -0.2) is 15.5 Å². The number of nitrogens with zero attached hydrogens (tertiary/aromatic N) is 2. The SMILES string of the molecule is Cn1cnc2c(C(=O)N[C@H](c3c(F)ccc(Cl)c3F)C3CCCC3)cccc21. The quantitative estimate of drug-likeness (QED) is 0.611. The first kappa shape index (κ1) is 18.9. The largest absolute Gasteiger partial charge is 0.345 e. The molecule has 7 heteroatoms. The third-order valence-electron chi connectivity index (χ3n) is 5.55. The smallest absolute Gasteiger partial charge is 0.254 e. The second-order valence-corrected chi connectivity index (χ2v) is 7.69. The van der Waals surface area contributed by atoms with Crippen LogP contribution < -0.4 is 5.32 Å². The van der Waals surface area contributed by atoms with Crippen LogP contribution in [0, 0.1) is 17.6 Å². The molecule has 0 radical (unpaired) electrons. The van der Waals surface area contributed by atoms with E-state index in [9.17, 15) is 13.6 Å². The maximum atomic E-state index is 14.7. The molecule has 1 N–H and O–H groups in total. The summed E-state index contributed by atoms with van der Waals surface area (Å²) in [6.45, 7) is 0. The van der Waals surface area contributed by atoms with Crippen molar-refractivity contribution >= 4 is 28.5 Å². The number of carbonyl (C=O) groups is 1. The van der Waals surface area contributed by atoms with E-state index in [0.29, 0.717) is 11.1 Å². The molecule has 1 amide bonds. The maximum Gasteiger partial charge on any atom is 0.254 e. The van der Waals surface area contributed by atoms with Gasteiger partial charge in [0.25, 0.3) is 5.91 Å². The number of fused-ring (bicyclic) bond motifs is 1. The van der Waals surface area contributed by atoms with Crippen LogP contribution in [0.4, 0.5) is 8.78 Å². The molecule has 2 aromatic carbocycles. The van der Waals surface area contributed by atoms with E-state index in [1.807, 2.05) is 17.7 Å². The molecule has 0 saturated heterocycles. The minimum Gasteiger partial charge on any atom is -0.345 e. The minimum absolute atomic E-state index is 0.0469. The Bertz CT molecular complexity index is 1040. The Balaban J connectivity index is 1.74. The van der Waals surface area contributed by atoms with Crippen molar-refractivity contribution in [2.45, 2.75) is 31.7 Å². The molecule has 0 aliphatic heterocycles. The third-order valence-corrected chi connectivity index (χ3v) is 5.84. The van der Waals surface area contributed by atoms with E-state index in [1.165, 1.54) is 6.07 Å². The Kier molecular flexibility index (Phi) is 5.06. The van der Waals surface area contributed by atoms with E-state index < -0.39 is 23.6 Å². The zero-order valence-corrected chi connectivity index (χ0v) is 16.1. The van der Waals surface area contributed by atoms with Gasteiger partial charge in [-0.15, -0.1) is 0 Å². The molecule has 4 rings (SSSR count). The number of carbonyl (C=O) groups excluding carboxylic acids is 1. The number of hydrogen-bond acceptors (Lipinski definition) is 2. The average molecular weight is 404 g/mol. The molecule has 0 spiro atoms. The second kappa shape index (κ2) is 7.51. The Morgan fingerprint density at radius 1 is 1.25 bits per heavy atom. The zero-order valence-electron chi connectivity index (χ0n) is 15.4. The van der Waals surface area contributed by atoms with Gasteiger partial charge in [-0.25, -0.2) is 13.8 Å². The van der Waals surface area contributed by atoms with Crippen LogP contribution in [-0.2, 0) is 7.05 Å². The first-order valence-electron chi connectivity index (χ1n) is 9.31. The van der Waals surface area contributed by atoms with Crippen molar-refractivity contribution in [2.24, 2.45) is 13.0 Å². The van der Waals surface area contributed by atoms with Gasteiger partial charge in [0.2, 0.25) is 0 Å². The fourth-order valence-corrected chi connectivity index (χ4v) is 4.27. The number of rotatable bonds is 4. The molecule has 1 aliphatic rings. The number of halogens is 3. The summed E-state index contributed by atoms with van der Waals surface area (Å²) < 4.78 is 31.1. The van der Waals surface area contributed by atoms with Gasteiger partial charge in [-0.05, 0) is 43.0 Å². The summed E-state index contributed by atoms with van der Waals surface area (Å²) in [6, 6.07) is 6.86. The van der Waals surface area contributed by atoms with Gasteiger partial charge in [0.1, 0.15) is 17.2 Å². The molecule has 0 bridgehead atoms. The van der Waals surface area contributed by atoms with Gasteiger partial charge in [0.15, 0.2) is 0 Å². The van der Waals surface area contributed by atoms with Crippen LogP contribution in [0.5, 0.6) is 0 Å². The van der Waals surface area contributed by atoms with Gasteiger partial charge in [0.05, 0.1) is 28.5 Å². The monoisotopic (exact) mass is 403 g/mol. The Hall–Kier alpha value is -2.47. The lowest BCUT2D eigenvalue weighted by Gasteiger charge is -2.26. The number of nitrogens with one attached hydrogen (secondary N) is 1. The van der Waals surface area contributed by atoms with Crippen molar-refractivity contribution in [2.75, 3.05) is 0 Å². The number of amides is 1. The highest BCUT2D eigenvalue weighted by atomic mass is 35.5. The molecule has 1 heterocycles. The predicted molar refractivity (Wildman–Crippen MR) is 104 cm³/mol. The zero-order chi connectivity index (χ0) is 19.8. The highest BCUT2D eigenvalue weighted by molar-refractivity contribution is 6.30. The number of aryl methyl sites for hydroxylation is 1. The minimum atomic E-state index is -0.810. The molecule has 1 aliphatic carbocycles. The molecule has 1 aromatic heterocycles. The summed E-state index contributed by atoms with van der Waals surface area (Å²) >= 11 is 5.90. The van der Waals surface area contributed by atoms with Crippen LogP contribution in [0.3, 0.4) is 0 Å². The van der Waals surface area contributed by atoms with Crippen molar-refractivity contribution < 1.29 is 13.6 Å². The lowest BCUT2D eigenvalue weighted by Crippen LogP contribution is -2.34. The highest BCUT2D eigenvalue weighted by Gasteiger charge is 2.33. The molecule has 28 heavy (non-hydrogen) atoms. The first-order valence-corrected chi connectivity index (χ1v) is 9.69.